The number of amides is 1. The van der Waals surface area contributed by atoms with Gasteiger partial charge in [0.25, 0.3) is 0 Å². The molecule has 0 radical (unpaired) electrons. The fourth-order valence-electron chi connectivity index (χ4n) is 3.38. The summed E-state index contributed by atoms with van der Waals surface area (Å²) in [5.74, 6) is -0.482. The van der Waals surface area contributed by atoms with Crippen LogP contribution in [-0.2, 0) is 9.53 Å². The molecule has 0 aromatic heterocycles. The molecule has 0 saturated heterocycles. The Bertz CT molecular complexity index is 841. The lowest BCUT2D eigenvalue weighted by atomic mass is 9.93. The van der Waals surface area contributed by atoms with Gasteiger partial charge < -0.3 is 20.9 Å². The molecule has 0 bridgehead atoms. The summed E-state index contributed by atoms with van der Waals surface area (Å²) >= 11 is 0. The number of rotatable bonds is 9. The number of aliphatic hydroxyl groups is 1. The lowest BCUT2D eigenvalue weighted by molar-refractivity contribution is -0.117. The van der Waals surface area contributed by atoms with E-state index in [9.17, 15) is 9.18 Å². The summed E-state index contributed by atoms with van der Waals surface area (Å²) in [5.41, 5.74) is 11.3. The average molecular weight is 433 g/mol. The monoisotopic (exact) mass is 432 g/mol. The van der Waals surface area contributed by atoms with Crippen LogP contribution < -0.4 is 11.1 Å². The second-order valence-corrected chi connectivity index (χ2v) is 7.31. The van der Waals surface area contributed by atoms with Gasteiger partial charge in [0, 0.05) is 30.0 Å². The molecule has 1 aliphatic rings. The molecule has 2 rings (SSSR count). The Hall–Kier alpha value is -2.44. The minimum Gasteiger partial charge on any atom is -0.398 e. The number of nitrogen functional groups attached to an aromatic ring is 1. The summed E-state index contributed by atoms with van der Waals surface area (Å²) in [4.78, 5) is 12.6. The van der Waals surface area contributed by atoms with E-state index >= 15 is 0 Å². The molecule has 0 spiro atoms. The Morgan fingerprint density at radius 3 is 2.65 bits per heavy atom. The minimum absolute atomic E-state index is 0.114. The van der Waals surface area contributed by atoms with Crippen molar-refractivity contribution < 1.29 is 19.0 Å². The Morgan fingerprint density at radius 2 is 2.00 bits per heavy atom. The number of ether oxygens (including phenoxy) is 1. The van der Waals surface area contributed by atoms with E-state index in [1.807, 2.05) is 39.8 Å². The predicted molar refractivity (Wildman–Crippen MR) is 126 cm³/mol. The molecule has 1 aromatic rings. The number of unbranched alkanes of at least 4 members (excludes halogenated alkanes) is 1. The summed E-state index contributed by atoms with van der Waals surface area (Å²) < 4.78 is 19.2. The van der Waals surface area contributed by atoms with Crippen LogP contribution in [0.5, 0.6) is 0 Å². The smallest absolute Gasteiger partial charge is 0.250 e. The van der Waals surface area contributed by atoms with Crippen molar-refractivity contribution in [3.63, 3.8) is 0 Å². The first kappa shape index (κ1) is 26.6. The van der Waals surface area contributed by atoms with Crippen LogP contribution in [0.1, 0.15) is 58.1 Å². The molecule has 1 aliphatic heterocycles. The van der Waals surface area contributed by atoms with Crippen LogP contribution in [0.3, 0.4) is 0 Å². The van der Waals surface area contributed by atoms with Crippen LogP contribution in [0.25, 0.3) is 5.57 Å². The highest BCUT2D eigenvalue weighted by Gasteiger charge is 2.20. The van der Waals surface area contributed by atoms with Crippen molar-refractivity contribution >= 4 is 17.2 Å². The highest BCUT2D eigenvalue weighted by atomic mass is 19.1. The molecule has 1 heterocycles. The van der Waals surface area contributed by atoms with Gasteiger partial charge in [-0.15, -0.1) is 0 Å². The molecule has 0 fully saturated rings. The molecule has 0 unspecified atom stereocenters. The Labute approximate surface area is 185 Å². The molecule has 0 saturated carbocycles. The molecule has 1 amide bonds. The lowest BCUT2D eigenvalue weighted by Gasteiger charge is -2.17. The standard InChI is InChI=1S/C23H31FN2O3.C2H6/c1-4-7-17-13-29-14-20(17)23(28)26-12-16(3)18(8-5-6-9-27)19-10-15(2)21(24)11-22(19)25;1-2/h4,7,10-11,27H,5-6,8-9,12-14,25H2,1-3H3,(H,26,28);1-2H3/b7-4+,18-16+;. The van der Waals surface area contributed by atoms with Crippen molar-refractivity contribution in [3.05, 3.63) is 57.9 Å². The maximum absolute atomic E-state index is 13.8. The van der Waals surface area contributed by atoms with Crippen LogP contribution in [0.2, 0.25) is 0 Å². The zero-order chi connectivity index (χ0) is 23.4. The van der Waals surface area contributed by atoms with Crippen LogP contribution in [-0.4, -0.2) is 37.4 Å². The quantitative estimate of drug-likeness (QED) is 0.390. The number of halogens is 1. The maximum Gasteiger partial charge on any atom is 0.250 e. The summed E-state index contributed by atoms with van der Waals surface area (Å²) in [6.45, 7) is 10.8. The van der Waals surface area contributed by atoms with Crippen LogP contribution in [0.4, 0.5) is 10.1 Å². The minimum atomic E-state index is -0.336. The third-order valence-electron chi connectivity index (χ3n) is 5.05. The Balaban J connectivity index is 0.00000233. The van der Waals surface area contributed by atoms with Gasteiger partial charge in [-0.25, -0.2) is 4.39 Å². The summed E-state index contributed by atoms with van der Waals surface area (Å²) in [5, 5.41) is 12.1. The number of anilines is 1. The number of aliphatic hydroxyl groups excluding tert-OH is 1. The molecule has 6 heteroatoms. The largest absolute Gasteiger partial charge is 0.398 e. The van der Waals surface area contributed by atoms with Gasteiger partial charge in [-0.2, -0.15) is 0 Å². The van der Waals surface area contributed by atoms with Crippen LogP contribution in [0.15, 0.2) is 41.0 Å². The van der Waals surface area contributed by atoms with E-state index in [4.69, 9.17) is 15.6 Å². The Morgan fingerprint density at radius 1 is 1.29 bits per heavy atom. The normalized spacial score (nSPS) is 14.4. The molecular formula is C25H37FN2O3. The lowest BCUT2D eigenvalue weighted by Crippen LogP contribution is -2.28. The number of allylic oxidation sites excluding steroid dienone is 2. The third-order valence-corrected chi connectivity index (χ3v) is 5.05. The van der Waals surface area contributed by atoms with E-state index < -0.39 is 0 Å². The van der Waals surface area contributed by atoms with Gasteiger partial charge in [-0.1, -0.05) is 31.6 Å². The van der Waals surface area contributed by atoms with Crippen molar-refractivity contribution in [1.82, 2.24) is 5.32 Å². The molecule has 0 aliphatic carbocycles. The van der Waals surface area contributed by atoms with Gasteiger partial charge in [0.1, 0.15) is 5.82 Å². The van der Waals surface area contributed by atoms with E-state index in [2.05, 4.69) is 5.32 Å². The highest BCUT2D eigenvalue weighted by molar-refractivity contribution is 5.95. The van der Waals surface area contributed by atoms with E-state index in [0.717, 1.165) is 28.7 Å². The second-order valence-electron chi connectivity index (χ2n) is 7.31. The van der Waals surface area contributed by atoms with E-state index in [0.29, 0.717) is 49.4 Å². The van der Waals surface area contributed by atoms with Crippen LogP contribution >= 0.6 is 0 Å². The molecule has 5 nitrogen and oxygen atoms in total. The van der Waals surface area contributed by atoms with E-state index in [1.165, 1.54) is 6.07 Å². The first-order valence-electron chi connectivity index (χ1n) is 10.9. The van der Waals surface area contributed by atoms with E-state index in [1.54, 1.807) is 13.0 Å². The third kappa shape index (κ3) is 7.64. The first-order valence-corrected chi connectivity index (χ1v) is 10.9. The van der Waals surface area contributed by atoms with Gasteiger partial charge >= 0.3 is 0 Å². The molecule has 0 atom stereocenters. The summed E-state index contributed by atoms with van der Waals surface area (Å²) in [6.07, 6.45) is 5.92. The predicted octanol–water partition coefficient (Wildman–Crippen LogP) is 4.70. The SMILES string of the molecule is C/C=C/C1=C(C(=O)NC/C(C)=C(\CCCCO)c2cc(C)c(F)cc2N)COC1.CC. The second kappa shape index (κ2) is 13.8. The van der Waals surface area contributed by atoms with Gasteiger partial charge in [-0.05, 0) is 68.9 Å². The van der Waals surface area contributed by atoms with Crippen molar-refractivity contribution in [1.29, 1.82) is 0 Å². The molecule has 4 N–H and O–H groups in total. The van der Waals surface area contributed by atoms with Gasteiger partial charge in [0.2, 0.25) is 5.91 Å². The number of hydrogen-bond donors (Lipinski definition) is 3. The fourth-order valence-corrected chi connectivity index (χ4v) is 3.38. The molecule has 172 valence electrons. The zero-order valence-electron chi connectivity index (χ0n) is 19.5. The Kier molecular flexibility index (Phi) is 11.8. The highest BCUT2D eigenvalue weighted by Crippen LogP contribution is 2.31. The van der Waals surface area contributed by atoms with Crippen molar-refractivity contribution in [2.24, 2.45) is 0 Å². The van der Waals surface area contributed by atoms with Crippen LogP contribution in [0, 0.1) is 12.7 Å². The number of hydrogen-bond acceptors (Lipinski definition) is 4. The first-order chi connectivity index (χ1) is 14.9. The van der Waals surface area contributed by atoms with Gasteiger partial charge in [0.15, 0.2) is 0 Å². The summed E-state index contributed by atoms with van der Waals surface area (Å²) in [7, 11) is 0. The molecule has 31 heavy (non-hydrogen) atoms. The number of aryl methyl sites for hydroxylation is 1. The van der Waals surface area contributed by atoms with Crippen molar-refractivity contribution in [2.45, 2.75) is 53.9 Å². The summed E-state index contributed by atoms with van der Waals surface area (Å²) in [6, 6.07) is 3.09. The number of carbonyl (C=O) groups is 1. The number of carbonyl (C=O) groups excluding carboxylic acids is 1. The average Bonchev–Trinajstić information content (AvgIpc) is 3.22. The topological polar surface area (TPSA) is 84.6 Å². The molecular weight excluding hydrogens is 395 g/mol. The van der Waals surface area contributed by atoms with Gasteiger partial charge in [0.05, 0.1) is 13.2 Å². The fraction of sp³-hybridized carbons (Fsp3) is 0.480. The van der Waals surface area contributed by atoms with Gasteiger partial charge in [-0.3, -0.25) is 4.79 Å². The number of nitrogens with two attached hydrogens (primary N) is 1. The van der Waals surface area contributed by atoms with Crippen molar-refractivity contribution in [2.75, 3.05) is 32.1 Å². The molecule has 1 aromatic carbocycles. The number of benzene rings is 1. The zero-order valence-corrected chi connectivity index (χ0v) is 19.5. The van der Waals surface area contributed by atoms with E-state index in [-0.39, 0.29) is 18.3 Å². The maximum atomic E-state index is 13.8. The number of nitrogens with one attached hydrogen (secondary N) is 1. The van der Waals surface area contributed by atoms with Crippen molar-refractivity contribution in [3.8, 4) is 0 Å².